The van der Waals surface area contributed by atoms with Gasteiger partial charge in [0, 0.05) is 0 Å². The van der Waals surface area contributed by atoms with Crippen LogP contribution in [0.4, 0.5) is 28.9 Å². The van der Waals surface area contributed by atoms with Gasteiger partial charge < -0.3 is 0 Å². The number of aliphatic imine (C=N–C) groups is 2. The Morgan fingerprint density at radius 1 is 0.607 bits per heavy atom. The lowest BCUT2D eigenvalue weighted by atomic mass is 10.2. The van der Waals surface area contributed by atoms with Gasteiger partial charge in [0.25, 0.3) is 0 Å². The van der Waals surface area contributed by atoms with Gasteiger partial charge in [-0.1, -0.05) is 18.2 Å². The van der Waals surface area contributed by atoms with Gasteiger partial charge in [0.1, 0.15) is 11.4 Å². The van der Waals surface area contributed by atoms with E-state index in [2.05, 4.69) is 15.0 Å². The predicted octanol–water partition coefficient (Wildman–Crippen LogP) is 5.92. The van der Waals surface area contributed by atoms with Crippen LogP contribution in [0.5, 0.6) is 0 Å². The minimum atomic E-state index is -0.789. The lowest BCUT2D eigenvalue weighted by molar-refractivity contribution is 0.587. The van der Waals surface area contributed by atoms with Crippen molar-refractivity contribution in [2.45, 2.75) is 13.8 Å². The average Bonchev–Trinajstić information content (AvgIpc) is 2.67. The van der Waals surface area contributed by atoms with E-state index in [4.69, 9.17) is 0 Å². The molecule has 0 atom stereocenters. The Balaban J connectivity index is 1.98. The summed E-state index contributed by atoms with van der Waals surface area (Å²) in [5.74, 6) is -3.15. The van der Waals surface area contributed by atoms with Gasteiger partial charge in [0.2, 0.25) is 0 Å². The Bertz CT molecular complexity index is 968. The highest BCUT2D eigenvalue weighted by Gasteiger charge is 2.11. The Morgan fingerprint density at radius 2 is 0.929 bits per heavy atom. The Morgan fingerprint density at radius 3 is 1.29 bits per heavy atom. The van der Waals surface area contributed by atoms with Gasteiger partial charge >= 0.3 is 0 Å². The van der Waals surface area contributed by atoms with E-state index in [1.54, 1.807) is 32.0 Å². The van der Waals surface area contributed by atoms with Crippen molar-refractivity contribution in [3.8, 4) is 0 Å². The van der Waals surface area contributed by atoms with Gasteiger partial charge in [-0.05, 0) is 50.2 Å². The summed E-state index contributed by atoms with van der Waals surface area (Å²) in [4.78, 5) is 12.3. The van der Waals surface area contributed by atoms with Crippen LogP contribution in [0.3, 0.4) is 0 Å². The molecule has 0 aliphatic rings. The normalized spacial score (nSPS) is 12.4. The molecule has 0 aliphatic carbocycles. The van der Waals surface area contributed by atoms with Crippen LogP contribution in [0, 0.1) is 23.3 Å². The summed E-state index contributed by atoms with van der Waals surface area (Å²) in [6.07, 6.45) is 0. The Kier molecular flexibility index (Phi) is 5.63. The third-order valence-corrected chi connectivity index (χ3v) is 3.92. The van der Waals surface area contributed by atoms with Crippen molar-refractivity contribution in [2.75, 3.05) is 0 Å². The highest BCUT2D eigenvalue weighted by molar-refractivity contribution is 6.02. The van der Waals surface area contributed by atoms with E-state index in [9.17, 15) is 17.6 Å². The molecule has 0 bridgehead atoms. The number of rotatable bonds is 4. The second-order valence-electron chi connectivity index (χ2n) is 5.94. The lowest BCUT2D eigenvalue weighted by Gasteiger charge is -2.06. The van der Waals surface area contributed by atoms with E-state index in [1.165, 1.54) is 12.1 Å². The van der Waals surface area contributed by atoms with Gasteiger partial charge in [0.05, 0.1) is 22.8 Å². The fourth-order valence-corrected chi connectivity index (χ4v) is 2.48. The Hall–Kier alpha value is -3.35. The first kappa shape index (κ1) is 19.4. The van der Waals surface area contributed by atoms with E-state index in [1.807, 2.05) is 0 Å². The first-order valence-electron chi connectivity index (χ1n) is 8.33. The number of pyridine rings is 1. The van der Waals surface area contributed by atoms with Crippen LogP contribution in [0.1, 0.15) is 25.2 Å². The maximum Gasteiger partial charge on any atom is 0.151 e. The summed E-state index contributed by atoms with van der Waals surface area (Å²) in [6, 6.07) is 11.8. The van der Waals surface area contributed by atoms with E-state index < -0.39 is 34.6 Å². The van der Waals surface area contributed by atoms with E-state index in [0.717, 1.165) is 24.3 Å². The van der Waals surface area contributed by atoms with Crippen molar-refractivity contribution >= 4 is 22.8 Å². The maximum atomic E-state index is 13.8. The number of hydrogen-bond donors (Lipinski definition) is 0. The SMILES string of the molecule is CC(=Nc1c(F)cccc1F)c1cccc(C(C)=Nc2c(F)cccc2F)n1. The molecule has 28 heavy (non-hydrogen) atoms. The van der Waals surface area contributed by atoms with Crippen LogP contribution in [-0.4, -0.2) is 16.4 Å². The summed E-state index contributed by atoms with van der Waals surface area (Å²) in [5.41, 5.74) is 0.427. The van der Waals surface area contributed by atoms with Crippen LogP contribution < -0.4 is 0 Å². The minimum absolute atomic E-state index is 0.274. The van der Waals surface area contributed by atoms with Gasteiger partial charge in [-0.2, -0.15) is 0 Å². The van der Waals surface area contributed by atoms with E-state index >= 15 is 0 Å². The number of para-hydroxylation sites is 2. The summed E-state index contributed by atoms with van der Waals surface area (Å²) >= 11 is 0. The molecule has 0 radical (unpaired) electrons. The molecule has 1 aromatic heterocycles. The van der Waals surface area contributed by atoms with Crippen molar-refractivity contribution in [3.63, 3.8) is 0 Å². The molecule has 0 fully saturated rings. The second-order valence-corrected chi connectivity index (χ2v) is 5.94. The van der Waals surface area contributed by atoms with Crippen molar-refractivity contribution in [1.82, 2.24) is 4.98 Å². The Labute approximate surface area is 159 Å². The lowest BCUT2D eigenvalue weighted by Crippen LogP contribution is -2.05. The van der Waals surface area contributed by atoms with Gasteiger partial charge in [-0.25, -0.2) is 32.5 Å². The van der Waals surface area contributed by atoms with Crippen LogP contribution in [-0.2, 0) is 0 Å². The molecule has 0 unspecified atom stereocenters. The zero-order chi connectivity index (χ0) is 20.3. The average molecular weight is 385 g/mol. The summed E-state index contributed by atoms with van der Waals surface area (Å²) in [5, 5.41) is 0. The molecule has 142 valence electrons. The van der Waals surface area contributed by atoms with Crippen molar-refractivity contribution in [3.05, 3.63) is 89.3 Å². The minimum Gasteiger partial charge on any atom is -0.245 e. The molecule has 0 saturated carbocycles. The molecule has 0 amide bonds. The molecular weight excluding hydrogens is 370 g/mol. The molecule has 3 rings (SSSR count). The third kappa shape index (κ3) is 4.14. The smallest absolute Gasteiger partial charge is 0.151 e. The second kappa shape index (κ2) is 8.12. The number of halogens is 4. The molecule has 0 aliphatic heterocycles. The summed E-state index contributed by atoms with van der Waals surface area (Å²) in [6.45, 7) is 3.11. The molecular formula is C21H15F4N3. The fraction of sp³-hybridized carbons (Fsp3) is 0.0952. The van der Waals surface area contributed by atoms with Crippen molar-refractivity contribution in [1.29, 1.82) is 0 Å². The highest BCUT2D eigenvalue weighted by Crippen LogP contribution is 2.24. The van der Waals surface area contributed by atoms with Crippen molar-refractivity contribution in [2.24, 2.45) is 9.98 Å². The topological polar surface area (TPSA) is 37.6 Å². The summed E-state index contributed by atoms with van der Waals surface area (Å²) < 4.78 is 55.2. The van der Waals surface area contributed by atoms with Crippen LogP contribution in [0.15, 0.2) is 64.6 Å². The molecule has 0 spiro atoms. The van der Waals surface area contributed by atoms with Gasteiger partial charge in [-0.3, -0.25) is 0 Å². The first-order chi connectivity index (χ1) is 13.4. The maximum absolute atomic E-state index is 13.8. The highest BCUT2D eigenvalue weighted by atomic mass is 19.1. The van der Waals surface area contributed by atoms with E-state index in [0.29, 0.717) is 11.4 Å². The van der Waals surface area contributed by atoms with Gasteiger partial charge in [0.15, 0.2) is 23.3 Å². The number of benzene rings is 2. The molecule has 1 heterocycles. The summed E-state index contributed by atoms with van der Waals surface area (Å²) in [7, 11) is 0. The molecule has 2 aromatic carbocycles. The zero-order valence-electron chi connectivity index (χ0n) is 15.0. The largest absolute Gasteiger partial charge is 0.245 e. The zero-order valence-corrected chi connectivity index (χ0v) is 15.0. The molecule has 3 nitrogen and oxygen atoms in total. The molecule has 0 N–H and O–H groups in total. The van der Waals surface area contributed by atoms with Gasteiger partial charge in [-0.15, -0.1) is 0 Å². The molecule has 7 heteroatoms. The van der Waals surface area contributed by atoms with Crippen molar-refractivity contribution < 1.29 is 17.6 Å². The standard InChI is InChI=1S/C21H15F4N3/c1-12(26-20-14(22)6-3-7-15(20)23)18-10-5-11-19(28-18)13(2)27-21-16(24)8-4-9-17(21)25/h3-11H,1-2H3. The molecule has 3 aromatic rings. The van der Waals surface area contributed by atoms with E-state index in [-0.39, 0.29) is 11.4 Å². The monoisotopic (exact) mass is 385 g/mol. The number of aromatic nitrogens is 1. The number of hydrogen-bond acceptors (Lipinski definition) is 3. The first-order valence-corrected chi connectivity index (χ1v) is 8.33. The van der Waals surface area contributed by atoms with Crippen LogP contribution >= 0.6 is 0 Å². The third-order valence-electron chi connectivity index (χ3n) is 3.92. The van der Waals surface area contributed by atoms with Crippen LogP contribution in [0.2, 0.25) is 0 Å². The fourth-order valence-electron chi connectivity index (χ4n) is 2.48. The predicted molar refractivity (Wildman–Crippen MR) is 101 cm³/mol. The number of nitrogens with zero attached hydrogens (tertiary/aromatic N) is 3. The van der Waals surface area contributed by atoms with Crippen LogP contribution in [0.25, 0.3) is 0 Å². The molecule has 0 saturated heterocycles. The quantitative estimate of drug-likeness (QED) is 0.406.